The molecule has 6 nitrogen and oxygen atoms in total. The first-order valence-electron chi connectivity index (χ1n) is 9.88. The fourth-order valence-electron chi connectivity index (χ4n) is 3.93. The number of aromatic nitrogens is 2. The quantitative estimate of drug-likeness (QED) is 0.737. The van der Waals surface area contributed by atoms with Crippen LogP contribution in [0.2, 0.25) is 0 Å². The highest BCUT2D eigenvalue weighted by molar-refractivity contribution is 5.93. The van der Waals surface area contributed by atoms with E-state index >= 15 is 0 Å². The average Bonchev–Trinajstić information content (AvgIpc) is 3.23. The number of nitrogens with zero attached hydrogens (tertiary/aromatic N) is 3. The number of carbonyl (C=O) groups is 1. The molecule has 1 saturated heterocycles. The summed E-state index contributed by atoms with van der Waals surface area (Å²) in [7, 11) is 1.63. The van der Waals surface area contributed by atoms with E-state index in [-0.39, 0.29) is 11.9 Å². The van der Waals surface area contributed by atoms with E-state index in [9.17, 15) is 4.79 Å². The summed E-state index contributed by atoms with van der Waals surface area (Å²) in [6, 6.07) is 18.2. The maximum absolute atomic E-state index is 13.0. The number of hydrogen-bond donors (Lipinski definition) is 1. The van der Waals surface area contributed by atoms with Crippen LogP contribution in [0.5, 0.6) is 5.75 Å². The fraction of sp³-hybridized carbons (Fsp3) is 0.304. The van der Waals surface area contributed by atoms with E-state index in [2.05, 4.69) is 53.2 Å². The number of piperazine rings is 1. The molecule has 1 fully saturated rings. The monoisotopic (exact) mass is 390 g/mol. The van der Waals surface area contributed by atoms with Gasteiger partial charge in [0, 0.05) is 36.9 Å². The lowest BCUT2D eigenvalue weighted by molar-refractivity contribution is 0.0720. The van der Waals surface area contributed by atoms with Gasteiger partial charge in [-0.2, -0.15) is 5.10 Å². The number of benzene rings is 2. The van der Waals surface area contributed by atoms with Gasteiger partial charge in [0.2, 0.25) is 0 Å². The van der Waals surface area contributed by atoms with Gasteiger partial charge >= 0.3 is 0 Å². The van der Waals surface area contributed by atoms with Crippen LogP contribution in [0.15, 0.2) is 54.6 Å². The van der Waals surface area contributed by atoms with Crippen molar-refractivity contribution in [2.45, 2.75) is 19.9 Å². The smallest absolute Gasteiger partial charge is 0.272 e. The summed E-state index contributed by atoms with van der Waals surface area (Å²) in [6.45, 7) is 6.43. The van der Waals surface area contributed by atoms with Crippen LogP contribution in [0.25, 0.3) is 11.3 Å². The zero-order chi connectivity index (χ0) is 20.4. The predicted molar refractivity (Wildman–Crippen MR) is 114 cm³/mol. The average molecular weight is 390 g/mol. The molecular formula is C23H26N4O2. The number of hydrogen-bond acceptors (Lipinski definition) is 4. The number of ether oxygens (including phenoxy) is 1. The van der Waals surface area contributed by atoms with Crippen LogP contribution in [0.4, 0.5) is 5.69 Å². The first-order chi connectivity index (χ1) is 14.1. The lowest BCUT2D eigenvalue weighted by atomic mass is 10.1. The Morgan fingerprint density at radius 2 is 1.97 bits per heavy atom. The third kappa shape index (κ3) is 3.83. The lowest BCUT2D eigenvalue weighted by Crippen LogP contribution is -2.53. The topological polar surface area (TPSA) is 61.5 Å². The molecular weight excluding hydrogens is 364 g/mol. The normalized spacial score (nSPS) is 16.7. The van der Waals surface area contributed by atoms with Gasteiger partial charge in [0.15, 0.2) is 0 Å². The van der Waals surface area contributed by atoms with Crippen LogP contribution in [0.1, 0.15) is 23.0 Å². The number of aryl methyl sites for hydroxylation is 1. The maximum Gasteiger partial charge on any atom is 0.272 e. The van der Waals surface area contributed by atoms with E-state index < -0.39 is 0 Å². The number of nitrogens with one attached hydrogen (secondary N) is 1. The summed E-state index contributed by atoms with van der Waals surface area (Å²) in [6.07, 6.45) is 0. The number of rotatable bonds is 4. The van der Waals surface area contributed by atoms with Gasteiger partial charge < -0.3 is 14.5 Å². The van der Waals surface area contributed by atoms with E-state index in [4.69, 9.17) is 4.74 Å². The highest BCUT2D eigenvalue weighted by Gasteiger charge is 2.28. The molecule has 1 aromatic heterocycles. The third-order valence-corrected chi connectivity index (χ3v) is 5.44. The number of para-hydroxylation sites is 1. The van der Waals surface area contributed by atoms with Crippen molar-refractivity contribution in [1.29, 1.82) is 0 Å². The van der Waals surface area contributed by atoms with Crippen molar-refractivity contribution in [3.05, 3.63) is 65.9 Å². The number of aromatic amines is 1. The zero-order valence-electron chi connectivity index (χ0n) is 17.1. The Balaban J connectivity index is 1.48. The maximum atomic E-state index is 13.0. The Kier molecular flexibility index (Phi) is 5.25. The number of anilines is 1. The highest BCUT2D eigenvalue weighted by Crippen LogP contribution is 2.29. The second-order valence-electron chi connectivity index (χ2n) is 7.50. The third-order valence-electron chi connectivity index (χ3n) is 5.44. The molecule has 6 heteroatoms. The van der Waals surface area contributed by atoms with E-state index in [0.29, 0.717) is 24.5 Å². The van der Waals surface area contributed by atoms with Crippen molar-refractivity contribution >= 4 is 11.6 Å². The molecule has 0 saturated carbocycles. The summed E-state index contributed by atoms with van der Waals surface area (Å²) in [5.74, 6) is 0.716. The van der Waals surface area contributed by atoms with Crippen molar-refractivity contribution in [2.24, 2.45) is 0 Å². The Morgan fingerprint density at radius 1 is 1.14 bits per heavy atom. The Morgan fingerprint density at radius 3 is 2.72 bits per heavy atom. The molecule has 0 radical (unpaired) electrons. The lowest BCUT2D eigenvalue weighted by Gasteiger charge is -2.41. The minimum absolute atomic E-state index is 0.0191. The molecule has 29 heavy (non-hydrogen) atoms. The van der Waals surface area contributed by atoms with Crippen molar-refractivity contribution in [3.63, 3.8) is 0 Å². The first kappa shape index (κ1) is 19.1. The molecule has 3 aromatic rings. The fourth-order valence-corrected chi connectivity index (χ4v) is 3.93. The molecule has 0 unspecified atom stereocenters. The van der Waals surface area contributed by atoms with Crippen LogP contribution in [-0.4, -0.2) is 53.8 Å². The molecule has 0 spiro atoms. The van der Waals surface area contributed by atoms with Gasteiger partial charge in [-0.05, 0) is 49.7 Å². The number of carbonyl (C=O) groups excluding carboxylic acids is 1. The molecule has 1 amide bonds. The van der Waals surface area contributed by atoms with Gasteiger partial charge in [-0.3, -0.25) is 9.89 Å². The van der Waals surface area contributed by atoms with Crippen molar-refractivity contribution in [2.75, 3.05) is 31.6 Å². The molecule has 2 aromatic carbocycles. The Bertz CT molecular complexity index is 1010. The molecule has 1 N–H and O–H groups in total. The summed E-state index contributed by atoms with van der Waals surface area (Å²) in [5.41, 5.74) is 4.53. The zero-order valence-corrected chi connectivity index (χ0v) is 17.1. The van der Waals surface area contributed by atoms with E-state index in [1.54, 1.807) is 13.2 Å². The summed E-state index contributed by atoms with van der Waals surface area (Å²) < 4.78 is 5.41. The van der Waals surface area contributed by atoms with Crippen LogP contribution >= 0.6 is 0 Å². The van der Waals surface area contributed by atoms with Gasteiger partial charge in [-0.1, -0.05) is 24.3 Å². The largest absolute Gasteiger partial charge is 0.496 e. The number of H-pyrrole nitrogens is 1. The van der Waals surface area contributed by atoms with E-state index in [1.165, 1.54) is 11.3 Å². The van der Waals surface area contributed by atoms with Gasteiger partial charge in [-0.25, -0.2) is 0 Å². The highest BCUT2D eigenvalue weighted by atomic mass is 16.5. The summed E-state index contributed by atoms with van der Waals surface area (Å²) in [4.78, 5) is 17.3. The number of methoxy groups -OCH3 is 1. The summed E-state index contributed by atoms with van der Waals surface area (Å²) in [5, 5.41) is 7.25. The minimum Gasteiger partial charge on any atom is -0.496 e. The second kappa shape index (κ2) is 7.99. The first-order valence-corrected chi connectivity index (χ1v) is 9.88. The van der Waals surface area contributed by atoms with E-state index in [0.717, 1.165) is 17.9 Å². The molecule has 150 valence electrons. The second-order valence-corrected chi connectivity index (χ2v) is 7.50. The molecule has 0 aliphatic carbocycles. The molecule has 0 bridgehead atoms. The van der Waals surface area contributed by atoms with Crippen LogP contribution in [0.3, 0.4) is 0 Å². The van der Waals surface area contributed by atoms with Crippen molar-refractivity contribution < 1.29 is 9.53 Å². The standard InChI is InChI=1S/C23H26N4O2/c1-16-7-6-8-18(13-16)27-12-11-26(15-17(27)2)23(28)21-14-20(24-25-21)19-9-4-5-10-22(19)29-3/h4-10,13-14,17H,11-12,15H2,1-3H3,(H,24,25)/t17-/m1/s1. The van der Waals surface area contributed by atoms with Crippen molar-refractivity contribution in [1.82, 2.24) is 15.1 Å². The Labute approximate surface area is 171 Å². The number of amides is 1. The molecule has 1 atom stereocenters. The minimum atomic E-state index is -0.0191. The van der Waals surface area contributed by atoms with Crippen molar-refractivity contribution in [3.8, 4) is 17.0 Å². The van der Waals surface area contributed by atoms with Crippen LogP contribution < -0.4 is 9.64 Å². The molecule has 1 aliphatic heterocycles. The molecule has 1 aliphatic rings. The van der Waals surface area contributed by atoms with Gasteiger partial charge in [0.25, 0.3) is 5.91 Å². The van der Waals surface area contributed by atoms with Crippen LogP contribution in [-0.2, 0) is 0 Å². The summed E-state index contributed by atoms with van der Waals surface area (Å²) >= 11 is 0. The predicted octanol–water partition coefficient (Wildman–Crippen LogP) is 3.74. The SMILES string of the molecule is COc1ccccc1-c1cc(C(=O)N2CCN(c3cccc(C)c3)[C@H](C)C2)[nH]n1. The van der Waals surface area contributed by atoms with Crippen LogP contribution in [0, 0.1) is 6.92 Å². The van der Waals surface area contributed by atoms with Gasteiger partial charge in [0.1, 0.15) is 11.4 Å². The Hall–Kier alpha value is -3.28. The molecule has 2 heterocycles. The molecule has 4 rings (SSSR count). The van der Waals surface area contributed by atoms with Gasteiger partial charge in [-0.15, -0.1) is 0 Å². The van der Waals surface area contributed by atoms with Gasteiger partial charge in [0.05, 0.1) is 12.8 Å². The van der Waals surface area contributed by atoms with E-state index in [1.807, 2.05) is 29.2 Å².